The van der Waals surface area contributed by atoms with Gasteiger partial charge in [0.05, 0.1) is 11.3 Å². The van der Waals surface area contributed by atoms with E-state index in [9.17, 15) is 9.59 Å². The number of hydrogen-bond acceptors (Lipinski definition) is 3. The van der Waals surface area contributed by atoms with Gasteiger partial charge in [-0.15, -0.1) is 0 Å². The number of aliphatic carboxylic acids is 1. The molecule has 0 aliphatic carbocycles. The number of benzene rings is 1. The fourth-order valence-corrected chi connectivity index (χ4v) is 0.892. The number of hydrogen-bond donors (Lipinski definition) is 2. The van der Waals surface area contributed by atoms with Crippen LogP contribution in [0.15, 0.2) is 29.3 Å². The topological polar surface area (TPSA) is 87.0 Å². The molecular formula is C9H7NO4. The van der Waals surface area contributed by atoms with Crippen molar-refractivity contribution >= 4 is 23.8 Å². The summed E-state index contributed by atoms with van der Waals surface area (Å²) in [6, 6.07) is 5.92. The number of para-hydroxylation sites is 1. The largest absolute Gasteiger partial charge is 0.478 e. The molecule has 14 heavy (non-hydrogen) atoms. The molecule has 72 valence electrons. The fourth-order valence-electron chi connectivity index (χ4n) is 0.892. The smallest absolute Gasteiger partial charge is 0.346 e. The van der Waals surface area contributed by atoms with Crippen LogP contribution in [0.5, 0.6) is 0 Å². The first kappa shape index (κ1) is 9.91. The molecule has 5 nitrogen and oxygen atoms in total. The zero-order valence-corrected chi connectivity index (χ0v) is 7.04. The highest BCUT2D eigenvalue weighted by atomic mass is 16.4. The van der Waals surface area contributed by atoms with Crippen molar-refractivity contribution in [3.63, 3.8) is 0 Å². The lowest BCUT2D eigenvalue weighted by Crippen LogP contribution is -1.98. The van der Waals surface area contributed by atoms with Crippen LogP contribution in [0, 0.1) is 0 Å². The van der Waals surface area contributed by atoms with E-state index in [0.717, 1.165) is 0 Å². The summed E-state index contributed by atoms with van der Waals surface area (Å²) in [7, 11) is 0. The maximum Gasteiger partial charge on any atom is 0.346 e. The molecule has 0 heterocycles. The van der Waals surface area contributed by atoms with Crippen molar-refractivity contribution in [1.29, 1.82) is 0 Å². The van der Waals surface area contributed by atoms with E-state index in [1.165, 1.54) is 12.1 Å². The third kappa shape index (κ3) is 2.41. The Morgan fingerprint density at radius 3 is 2.43 bits per heavy atom. The molecule has 0 saturated heterocycles. The van der Waals surface area contributed by atoms with E-state index in [1.54, 1.807) is 12.1 Å². The number of aromatic carboxylic acids is 1. The lowest BCUT2D eigenvalue weighted by Gasteiger charge is -1.97. The van der Waals surface area contributed by atoms with Gasteiger partial charge in [-0.2, -0.15) is 0 Å². The number of nitrogens with zero attached hydrogens (tertiary/aromatic N) is 1. The molecule has 0 unspecified atom stereocenters. The fraction of sp³-hybridized carbons (Fsp3) is 0. The van der Waals surface area contributed by atoms with Gasteiger partial charge in [0.2, 0.25) is 0 Å². The van der Waals surface area contributed by atoms with E-state index >= 15 is 0 Å². The SMILES string of the molecule is O=C(O)C=Nc1ccccc1C(=O)O. The third-order valence-electron chi connectivity index (χ3n) is 1.45. The number of aliphatic imine (C=N–C) groups is 1. The van der Waals surface area contributed by atoms with Gasteiger partial charge in [0.1, 0.15) is 6.21 Å². The molecule has 0 amide bonds. The summed E-state index contributed by atoms with van der Waals surface area (Å²) >= 11 is 0. The van der Waals surface area contributed by atoms with Crippen LogP contribution in [0.1, 0.15) is 10.4 Å². The second-order valence-corrected chi connectivity index (χ2v) is 2.42. The van der Waals surface area contributed by atoms with E-state index < -0.39 is 11.9 Å². The van der Waals surface area contributed by atoms with E-state index in [2.05, 4.69) is 4.99 Å². The normalized spacial score (nSPS) is 10.3. The Hall–Kier alpha value is -2.17. The highest BCUT2D eigenvalue weighted by Crippen LogP contribution is 2.17. The predicted molar refractivity (Wildman–Crippen MR) is 49.2 cm³/mol. The van der Waals surface area contributed by atoms with Crippen molar-refractivity contribution in [3.05, 3.63) is 29.8 Å². The van der Waals surface area contributed by atoms with Crippen molar-refractivity contribution in [3.8, 4) is 0 Å². The van der Waals surface area contributed by atoms with E-state index in [0.29, 0.717) is 6.21 Å². The molecule has 0 spiro atoms. The minimum atomic E-state index is -1.22. The Bertz CT molecular complexity index is 398. The molecule has 1 aromatic rings. The average Bonchev–Trinajstić information content (AvgIpc) is 2.15. The quantitative estimate of drug-likeness (QED) is 0.705. The zero-order chi connectivity index (χ0) is 10.6. The summed E-state index contributed by atoms with van der Waals surface area (Å²) in [5.41, 5.74) is 0.104. The second kappa shape index (κ2) is 4.18. The maximum absolute atomic E-state index is 10.6. The van der Waals surface area contributed by atoms with Crippen LogP contribution in [0.2, 0.25) is 0 Å². The predicted octanol–water partition coefficient (Wildman–Crippen LogP) is 1.17. The summed E-state index contributed by atoms with van der Waals surface area (Å²) in [5, 5.41) is 17.0. The van der Waals surface area contributed by atoms with Crippen LogP contribution >= 0.6 is 0 Å². The Labute approximate surface area is 79.3 Å². The first-order chi connectivity index (χ1) is 6.61. The number of carboxylic acid groups (broad SMARTS) is 2. The Morgan fingerprint density at radius 2 is 1.86 bits per heavy atom. The summed E-state index contributed by atoms with van der Waals surface area (Å²) in [4.78, 5) is 24.3. The van der Waals surface area contributed by atoms with E-state index in [1.807, 2.05) is 0 Å². The van der Waals surface area contributed by atoms with E-state index in [-0.39, 0.29) is 11.3 Å². The van der Waals surface area contributed by atoms with Crippen LogP contribution in [0.25, 0.3) is 0 Å². The van der Waals surface area contributed by atoms with Gasteiger partial charge >= 0.3 is 11.9 Å². The summed E-state index contributed by atoms with van der Waals surface area (Å²) < 4.78 is 0. The Kier molecular flexibility index (Phi) is 2.96. The molecule has 0 aromatic heterocycles. The van der Waals surface area contributed by atoms with Gasteiger partial charge in [-0.25, -0.2) is 14.6 Å². The number of rotatable bonds is 3. The van der Waals surface area contributed by atoms with Crippen molar-refractivity contribution in [2.45, 2.75) is 0 Å². The first-order valence-corrected chi connectivity index (χ1v) is 3.70. The van der Waals surface area contributed by atoms with Crippen molar-refractivity contribution in [2.24, 2.45) is 4.99 Å². The third-order valence-corrected chi connectivity index (χ3v) is 1.45. The highest BCUT2D eigenvalue weighted by Gasteiger charge is 2.07. The minimum absolute atomic E-state index is 0.0231. The lowest BCUT2D eigenvalue weighted by molar-refractivity contribution is -0.128. The second-order valence-electron chi connectivity index (χ2n) is 2.42. The van der Waals surface area contributed by atoms with Gasteiger partial charge < -0.3 is 10.2 Å². The van der Waals surface area contributed by atoms with Crippen LogP contribution in [0.3, 0.4) is 0 Å². The molecule has 0 saturated carbocycles. The van der Waals surface area contributed by atoms with Gasteiger partial charge in [0, 0.05) is 0 Å². The summed E-state index contributed by atoms with van der Waals surface area (Å²) in [6.45, 7) is 0. The first-order valence-electron chi connectivity index (χ1n) is 3.70. The number of carboxylic acids is 2. The lowest BCUT2D eigenvalue weighted by atomic mass is 10.2. The van der Waals surface area contributed by atoms with Crippen LogP contribution in [0.4, 0.5) is 5.69 Å². The summed E-state index contributed by atoms with van der Waals surface area (Å²) in [5.74, 6) is -2.35. The molecule has 0 aliphatic heterocycles. The molecule has 2 N–H and O–H groups in total. The van der Waals surface area contributed by atoms with Gasteiger partial charge in [0.15, 0.2) is 0 Å². The van der Waals surface area contributed by atoms with Gasteiger partial charge in [-0.1, -0.05) is 12.1 Å². The summed E-state index contributed by atoms with van der Waals surface area (Å²) in [6.07, 6.45) is 0.655. The molecule has 0 bridgehead atoms. The van der Waals surface area contributed by atoms with Gasteiger partial charge in [-0.3, -0.25) is 0 Å². The molecule has 1 rings (SSSR count). The number of carbonyl (C=O) groups is 2. The molecule has 5 heteroatoms. The molecule has 0 fully saturated rings. The van der Waals surface area contributed by atoms with Crippen molar-refractivity contribution in [1.82, 2.24) is 0 Å². The Balaban J connectivity index is 3.07. The van der Waals surface area contributed by atoms with Gasteiger partial charge in [0.25, 0.3) is 0 Å². The van der Waals surface area contributed by atoms with Gasteiger partial charge in [-0.05, 0) is 12.1 Å². The van der Waals surface area contributed by atoms with Crippen LogP contribution < -0.4 is 0 Å². The minimum Gasteiger partial charge on any atom is -0.478 e. The monoisotopic (exact) mass is 193 g/mol. The van der Waals surface area contributed by atoms with Crippen LogP contribution in [-0.2, 0) is 4.79 Å². The van der Waals surface area contributed by atoms with Crippen molar-refractivity contribution < 1.29 is 19.8 Å². The van der Waals surface area contributed by atoms with E-state index in [4.69, 9.17) is 10.2 Å². The van der Waals surface area contributed by atoms with Crippen LogP contribution in [-0.4, -0.2) is 28.4 Å². The average molecular weight is 193 g/mol. The zero-order valence-electron chi connectivity index (χ0n) is 7.04. The molecular weight excluding hydrogens is 186 g/mol. The molecule has 0 atom stereocenters. The Morgan fingerprint density at radius 1 is 1.21 bits per heavy atom. The molecule has 0 radical (unpaired) electrons. The molecule has 0 aliphatic rings. The standard InChI is InChI=1S/C9H7NO4/c11-8(12)5-10-7-4-2-1-3-6(7)9(13)14/h1-5H,(H,11,12)(H,13,14). The van der Waals surface area contributed by atoms with Crippen molar-refractivity contribution in [2.75, 3.05) is 0 Å². The molecule has 1 aromatic carbocycles. The maximum atomic E-state index is 10.6. The highest BCUT2D eigenvalue weighted by molar-refractivity contribution is 6.22.